The number of rotatable bonds is 8. The molecule has 2 aromatic rings. The van der Waals surface area contributed by atoms with Crippen molar-refractivity contribution < 1.29 is 14.3 Å². The van der Waals surface area contributed by atoms with Crippen LogP contribution in [0.2, 0.25) is 0 Å². The number of pyridine rings is 1. The van der Waals surface area contributed by atoms with Crippen molar-refractivity contribution >= 4 is 12.7 Å². The summed E-state index contributed by atoms with van der Waals surface area (Å²) in [7, 11) is 0. The van der Waals surface area contributed by atoms with E-state index in [0.717, 1.165) is 16.9 Å². The molecule has 2 rings (SSSR count). The summed E-state index contributed by atoms with van der Waals surface area (Å²) in [5.41, 5.74) is 2.77. The van der Waals surface area contributed by atoms with Gasteiger partial charge < -0.3 is 9.47 Å². The number of benzene rings is 1. The second-order valence-electron chi connectivity index (χ2n) is 5.48. The van der Waals surface area contributed by atoms with Gasteiger partial charge in [-0.05, 0) is 68.6 Å². The Bertz CT molecular complexity index is 808. The average molecular weight is 350 g/mol. The molecule has 0 N–H and O–H groups in total. The van der Waals surface area contributed by atoms with Crippen molar-refractivity contribution in [3.63, 3.8) is 0 Å². The Balaban J connectivity index is 2.05. The number of nitrogens with zero attached hydrogens (tertiary/aromatic N) is 2. The van der Waals surface area contributed by atoms with Crippen LogP contribution in [0.4, 0.5) is 0 Å². The van der Waals surface area contributed by atoms with Crippen LogP contribution >= 0.6 is 0 Å². The smallest absolute Gasteiger partial charge is 0.357 e. The number of carbonyl (C=O) groups excluding carboxylic acids is 1. The van der Waals surface area contributed by atoms with Gasteiger partial charge in [0.1, 0.15) is 18.1 Å². The molecule has 0 aliphatic carbocycles. The summed E-state index contributed by atoms with van der Waals surface area (Å²) < 4.78 is 10.7. The molecule has 0 bridgehead atoms. The molecule has 0 aliphatic heterocycles. The normalized spacial score (nSPS) is 11.4. The Labute approximate surface area is 153 Å². The Morgan fingerprint density at radius 1 is 1.23 bits per heavy atom. The van der Waals surface area contributed by atoms with Gasteiger partial charge in [0.05, 0.1) is 12.3 Å². The third-order valence-corrected chi connectivity index (χ3v) is 3.42. The fourth-order valence-electron chi connectivity index (χ4n) is 2.17. The van der Waals surface area contributed by atoms with Gasteiger partial charge in [0.15, 0.2) is 0 Å². The first-order valence-electron chi connectivity index (χ1n) is 8.29. The lowest BCUT2D eigenvalue weighted by molar-refractivity contribution is 0.0533. The third-order valence-electron chi connectivity index (χ3n) is 3.42. The average Bonchev–Trinajstić information content (AvgIpc) is 2.67. The lowest BCUT2D eigenvalue weighted by atomic mass is 10.1. The second-order valence-corrected chi connectivity index (χ2v) is 5.48. The molecule has 0 unspecified atom stereocenters. The van der Waals surface area contributed by atoms with E-state index in [0.29, 0.717) is 12.3 Å². The van der Waals surface area contributed by atoms with Crippen LogP contribution in [-0.4, -0.2) is 30.9 Å². The van der Waals surface area contributed by atoms with Crippen LogP contribution in [0.1, 0.15) is 24.3 Å². The molecule has 0 radical (unpaired) electrons. The molecule has 1 heterocycles. The SMILES string of the molecule is C=N/C=C\C=C(/C)COC(=O)c1cccc(-c2ccc(OCC)cc2)n1. The number of hydrogen-bond donors (Lipinski definition) is 0. The maximum Gasteiger partial charge on any atom is 0.357 e. The van der Waals surface area contributed by atoms with Crippen molar-refractivity contribution in [2.75, 3.05) is 13.2 Å². The molecule has 0 saturated heterocycles. The first-order chi connectivity index (χ1) is 12.6. The maximum atomic E-state index is 12.2. The van der Waals surface area contributed by atoms with Gasteiger partial charge in [-0.3, -0.25) is 4.99 Å². The molecule has 0 atom stereocenters. The number of aliphatic imine (C=N–C) groups is 1. The standard InChI is InChI=1S/C21H22N2O3/c1-4-25-18-12-10-17(11-13-18)19-8-5-9-20(23-19)21(24)26-15-16(2)7-6-14-22-3/h5-14H,3-4,15H2,1-2H3/b14-6-,16-7+. The number of carbonyl (C=O) groups is 1. The quantitative estimate of drug-likeness (QED) is 0.400. The van der Waals surface area contributed by atoms with Gasteiger partial charge in [-0.1, -0.05) is 12.1 Å². The summed E-state index contributed by atoms with van der Waals surface area (Å²) in [6.45, 7) is 7.96. The van der Waals surface area contributed by atoms with E-state index in [4.69, 9.17) is 9.47 Å². The van der Waals surface area contributed by atoms with E-state index in [9.17, 15) is 4.79 Å². The van der Waals surface area contributed by atoms with Crippen molar-refractivity contribution in [1.29, 1.82) is 0 Å². The molecule has 1 aromatic heterocycles. The number of hydrogen-bond acceptors (Lipinski definition) is 5. The highest BCUT2D eigenvalue weighted by atomic mass is 16.5. The minimum Gasteiger partial charge on any atom is -0.494 e. The molecular formula is C21H22N2O3. The van der Waals surface area contributed by atoms with Crippen LogP contribution in [0.5, 0.6) is 5.75 Å². The van der Waals surface area contributed by atoms with Crippen LogP contribution in [0.3, 0.4) is 0 Å². The van der Waals surface area contributed by atoms with Crippen molar-refractivity contribution in [3.05, 3.63) is 72.1 Å². The topological polar surface area (TPSA) is 60.8 Å². The van der Waals surface area contributed by atoms with Gasteiger partial charge in [0.2, 0.25) is 0 Å². The van der Waals surface area contributed by atoms with E-state index in [1.807, 2.05) is 50.3 Å². The Kier molecular flexibility index (Phi) is 7.31. The zero-order chi connectivity index (χ0) is 18.8. The number of aromatic nitrogens is 1. The molecule has 0 aliphatic rings. The van der Waals surface area contributed by atoms with Gasteiger partial charge in [-0.25, -0.2) is 9.78 Å². The van der Waals surface area contributed by atoms with Crippen molar-refractivity contribution in [1.82, 2.24) is 4.98 Å². The van der Waals surface area contributed by atoms with Gasteiger partial charge >= 0.3 is 5.97 Å². The van der Waals surface area contributed by atoms with Crippen LogP contribution < -0.4 is 4.74 Å². The zero-order valence-electron chi connectivity index (χ0n) is 15.0. The van der Waals surface area contributed by atoms with Crippen molar-refractivity contribution in [2.24, 2.45) is 4.99 Å². The maximum absolute atomic E-state index is 12.2. The van der Waals surface area contributed by atoms with Crippen LogP contribution in [0.15, 0.2) is 71.4 Å². The highest BCUT2D eigenvalue weighted by Gasteiger charge is 2.10. The number of ether oxygens (including phenoxy) is 2. The summed E-state index contributed by atoms with van der Waals surface area (Å²) in [6, 6.07) is 12.9. The largest absolute Gasteiger partial charge is 0.494 e. The number of esters is 1. The summed E-state index contributed by atoms with van der Waals surface area (Å²) in [5, 5.41) is 0. The molecule has 26 heavy (non-hydrogen) atoms. The first kappa shape index (κ1) is 19.1. The summed E-state index contributed by atoms with van der Waals surface area (Å²) in [4.78, 5) is 20.2. The van der Waals surface area contributed by atoms with Crippen molar-refractivity contribution in [3.8, 4) is 17.0 Å². The predicted octanol–water partition coefficient (Wildman–Crippen LogP) is 4.46. The van der Waals surface area contributed by atoms with E-state index < -0.39 is 5.97 Å². The van der Waals surface area contributed by atoms with E-state index in [2.05, 4.69) is 16.7 Å². The van der Waals surface area contributed by atoms with E-state index in [1.165, 1.54) is 0 Å². The molecule has 0 saturated carbocycles. The highest BCUT2D eigenvalue weighted by molar-refractivity contribution is 5.88. The van der Waals surface area contributed by atoms with Gasteiger partial charge in [-0.2, -0.15) is 0 Å². The first-order valence-corrected chi connectivity index (χ1v) is 8.29. The molecule has 0 spiro atoms. The second kappa shape index (κ2) is 9.93. The lowest BCUT2D eigenvalue weighted by Crippen LogP contribution is -2.09. The minimum atomic E-state index is -0.462. The van der Waals surface area contributed by atoms with E-state index in [1.54, 1.807) is 24.4 Å². The Morgan fingerprint density at radius 2 is 2.00 bits per heavy atom. The van der Waals surface area contributed by atoms with Crippen molar-refractivity contribution in [2.45, 2.75) is 13.8 Å². The lowest BCUT2D eigenvalue weighted by Gasteiger charge is -2.07. The number of allylic oxidation sites excluding steroid dienone is 2. The fraction of sp³-hybridized carbons (Fsp3) is 0.190. The van der Waals surface area contributed by atoms with Crippen LogP contribution in [-0.2, 0) is 4.74 Å². The Hall–Kier alpha value is -3.21. The molecule has 5 heteroatoms. The molecule has 0 amide bonds. The van der Waals surface area contributed by atoms with Gasteiger partial charge in [0, 0.05) is 11.8 Å². The molecule has 0 fully saturated rings. The van der Waals surface area contributed by atoms with Gasteiger partial charge in [-0.15, -0.1) is 0 Å². The van der Waals surface area contributed by atoms with E-state index in [-0.39, 0.29) is 12.3 Å². The molecule has 1 aromatic carbocycles. The third kappa shape index (κ3) is 5.70. The summed E-state index contributed by atoms with van der Waals surface area (Å²) in [6.07, 6.45) is 5.11. The van der Waals surface area contributed by atoms with Crippen LogP contribution in [0, 0.1) is 0 Å². The molecule has 134 valence electrons. The minimum absolute atomic E-state index is 0.190. The molecular weight excluding hydrogens is 328 g/mol. The predicted molar refractivity (Wildman–Crippen MR) is 104 cm³/mol. The summed E-state index contributed by atoms with van der Waals surface area (Å²) in [5.74, 6) is 0.339. The Morgan fingerprint density at radius 3 is 2.69 bits per heavy atom. The monoisotopic (exact) mass is 350 g/mol. The van der Waals surface area contributed by atoms with Crippen LogP contribution in [0.25, 0.3) is 11.3 Å². The fourth-order valence-corrected chi connectivity index (χ4v) is 2.17. The molecule has 5 nitrogen and oxygen atoms in total. The van der Waals surface area contributed by atoms with E-state index >= 15 is 0 Å². The summed E-state index contributed by atoms with van der Waals surface area (Å²) >= 11 is 0. The van der Waals surface area contributed by atoms with Gasteiger partial charge in [0.25, 0.3) is 0 Å². The highest BCUT2D eigenvalue weighted by Crippen LogP contribution is 2.21. The zero-order valence-corrected chi connectivity index (χ0v) is 15.0.